The third kappa shape index (κ3) is 2.14. The average Bonchev–Trinajstić information content (AvgIpc) is 2.95. The van der Waals surface area contributed by atoms with Gasteiger partial charge >= 0.3 is 0 Å². The van der Waals surface area contributed by atoms with Crippen molar-refractivity contribution in [3.05, 3.63) is 52.4 Å². The van der Waals surface area contributed by atoms with Crippen LogP contribution in [-0.2, 0) is 6.42 Å². The van der Waals surface area contributed by atoms with Crippen molar-refractivity contribution in [2.24, 2.45) is 0 Å². The Hall–Kier alpha value is -1.72. The zero-order valence-electron chi connectivity index (χ0n) is 9.95. The molecule has 1 N–H and O–H groups in total. The summed E-state index contributed by atoms with van der Waals surface area (Å²) in [7, 11) is 0. The molecule has 0 aliphatic carbocycles. The maximum atomic E-state index is 10.2. The quantitative estimate of drug-likeness (QED) is 0.785. The summed E-state index contributed by atoms with van der Waals surface area (Å²) in [4.78, 5) is 8.76. The first-order chi connectivity index (χ1) is 8.72. The zero-order valence-corrected chi connectivity index (χ0v) is 10.8. The van der Waals surface area contributed by atoms with Gasteiger partial charge < -0.3 is 9.51 Å². The topological polar surface area (TPSA) is 50.4 Å². The van der Waals surface area contributed by atoms with E-state index in [0.717, 1.165) is 16.3 Å². The highest BCUT2D eigenvalue weighted by molar-refractivity contribution is 7.09. The molecule has 1 unspecified atom stereocenters. The van der Waals surface area contributed by atoms with E-state index < -0.39 is 6.10 Å². The molecule has 1 atom stereocenters. The lowest BCUT2D eigenvalue weighted by Crippen LogP contribution is -2.02. The van der Waals surface area contributed by atoms with E-state index in [1.165, 1.54) is 0 Å². The molecule has 3 heterocycles. The first-order valence-corrected chi connectivity index (χ1v) is 6.63. The number of rotatable bonds is 3. The molecule has 0 radical (unpaired) electrons. The number of aryl methyl sites for hydroxylation is 1. The zero-order chi connectivity index (χ0) is 12.5. The van der Waals surface area contributed by atoms with E-state index >= 15 is 0 Å². The number of aliphatic hydroxyl groups excluding tert-OH is 1. The molecule has 3 aromatic heterocycles. The Balaban J connectivity index is 1.85. The summed E-state index contributed by atoms with van der Waals surface area (Å²) < 4.78 is 1.91. The number of hydrogen-bond acceptors (Lipinski definition) is 4. The summed E-state index contributed by atoms with van der Waals surface area (Å²) in [6.07, 6.45) is 3.69. The number of nitrogens with zero attached hydrogens (tertiary/aromatic N) is 3. The molecule has 0 spiro atoms. The first-order valence-electron chi connectivity index (χ1n) is 5.75. The van der Waals surface area contributed by atoms with E-state index in [1.54, 1.807) is 11.3 Å². The molecule has 5 heteroatoms. The highest BCUT2D eigenvalue weighted by atomic mass is 32.1. The second-order valence-corrected chi connectivity index (χ2v) is 5.27. The van der Waals surface area contributed by atoms with Crippen molar-refractivity contribution in [2.45, 2.75) is 19.4 Å². The van der Waals surface area contributed by atoms with E-state index in [1.807, 2.05) is 47.3 Å². The van der Waals surface area contributed by atoms with Crippen LogP contribution in [-0.4, -0.2) is 19.5 Å². The van der Waals surface area contributed by atoms with Gasteiger partial charge in [-0.2, -0.15) is 0 Å². The Morgan fingerprint density at radius 1 is 1.39 bits per heavy atom. The van der Waals surface area contributed by atoms with Crippen molar-refractivity contribution in [3.63, 3.8) is 0 Å². The molecule has 92 valence electrons. The van der Waals surface area contributed by atoms with Gasteiger partial charge in [-0.05, 0) is 19.1 Å². The van der Waals surface area contributed by atoms with Crippen molar-refractivity contribution in [1.29, 1.82) is 0 Å². The van der Waals surface area contributed by atoms with Crippen LogP contribution >= 0.6 is 11.3 Å². The van der Waals surface area contributed by atoms with Crippen molar-refractivity contribution < 1.29 is 5.11 Å². The van der Waals surface area contributed by atoms with Gasteiger partial charge in [0.05, 0.1) is 16.4 Å². The molecule has 0 bridgehead atoms. The predicted octanol–water partition coefficient (Wildman–Crippen LogP) is 2.38. The van der Waals surface area contributed by atoms with Gasteiger partial charge in [0.25, 0.3) is 0 Å². The molecule has 0 amide bonds. The number of fused-ring (bicyclic) bond motifs is 1. The SMILES string of the molecule is Cc1nc(CC(O)c2cn3ccccc3n2)cs1. The molecular weight excluding hydrogens is 246 g/mol. The molecule has 3 rings (SSSR count). The molecule has 4 nitrogen and oxygen atoms in total. The number of hydrogen-bond donors (Lipinski definition) is 1. The third-order valence-corrected chi connectivity index (χ3v) is 3.62. The number of imidazole rings is 1. The molecule has 18 heavy (non-hydrogen) atoms. The van der Waals surface area contributed by atoms with Gasteiger partial charge in [0, 0.05) is 24.2 Å². The predicted molar refractivity (Wildman–Crippen MR) is 70.7 cm³/mol. The lowest BCUT2D eigenvalue weighted by Gasteiger charge is -2.04. The van der Waals surface area contributed by atoms with Crippen LogP contribution in [0, 0.1) is 6.92 Å². The van der Waals surface area contributed by atoms with E-state index in [9.17, 15) is 5.11 Å². The monoisotopic (exact) mass is 259 g/mol. The van der Waals surface area contributed by atoms with Crippen molar-refractivity contribution in [3.8, 4) is 0 Å². The number of aromatic nitrogens is 3. The van der Waals surface area contributed by atoms with Crippen LogP contribution < -0.4 is 0 Å². The molecule has 0 fully saturated rings. The fourth-order valence-corrected chi connectivity index (χ4v) is 2.54. The minimum atomic E-state index is -0.605. The maximum absolute atomic E-state index is 10.2. The Morgan fingerprint density at radius 2 is 2.28 bits per heavy atom. The fraction of sp³-hybridized carbons (Fsp3) is 0.231. The van der Waals surface area contributed by atoms with Crippen LogP contribution in [0.4, 0.5) is 0 Å². The normalized spacial score (nSPS) is 13.0. The van der Waals surface area contributed by atoms with Crippen LogP contribution in [0.2, 0.25) is 0 Å². The molecular formula is C13H13N3OS. The summed E-state index contributed by atoms with van der Waals surface area (Å²) in [6, 6.07) is 5.79. The van der Waals surface area contributed by atoms with Gasteiger partial charge in [0.2, 0.25) is 0 Å². The summed E-state index contributed by atoms with van der Waals surface area (Å²) >= 11 is 1.60. The van der Waals surface area contributed by atoms with Gasteiger partial charge in [0.1, 0.15) is 11.8 Å². The maximum Gasteiger partial charge on any atom is 0.137 e. The minimum absolute atomic E-state index is 0.508. The largest absolute Gasteiger partial charge is 0.386 e. The smallest absolute Gasteiger partial charge is 0.137 e. The van der Waals surface area contributed by atoms with Crippen LogP contribution in [0.25, 0.3) is 5.65 Å². The molecule has 0 aliphatic heterocycles. The van der Waals surface area contributed by atoms with Crippen molar-refractivity contribution >= 4 is 17.0 Å². The summed E-state index contributed by atoms with van der Waals surface area (Å²) in [6.45, 7) is 1.96. The molecule has 0 saturated carbocycles. The highest BCUT2D eigenvalue weighted by Gasteiger charge is 2.14. The van der Waals surface area contributed by atoms with Gasteiger partial charge in [-0.1, -0.05) is 6.07 Å². The Bertz CT molecular complexity index is 640. The summed E-state index contributed by atoms with van der Waals surface area (Å²) in [5.74, 6) is 0. The molecule has 0 saturated heterocycles. The van der Waals surface area contributed by atoms with Crippen LogP contribution in [0.5, 0.6) is 0 Å². The summed E-state index contributed by atoms with van der Waals surface area (Å²) in [5.41, 5.74) is 2.45. The lowest BCUT2D eigenvalue weighted by molar-refractivity contribution is 0.173. The second-order valence-electron chi connectivity index (χ2n) is 4.21. The Morgan fingerprint density at radius 3 is 3.00 bits per heavy atom. The van der Waals surface area contributed by atoms with Crippen LogP contribution in [0.15, 0.2) is 36.0 Å². The van der Waals surface area contributed by atoms with Crippen molar-refractivity contribution in [2.75, 3.05) is 0 Å². The molecule has 0 aliphatic rings. The van der Waals surface area contributed by atoms with Gasteiger partial charge in [-0.25, -0.2) is 9.97 Å². The summed E-state index contributed by atoms with van der Waals surface area (Å²) in [5, 5.41) is 13.2. The van der Waals surface area contributed by atoms with Crippen LogP contribution in [0.1, 0.15) is 22.5 Å². The number of pyridine rings is 1. The van der Waals surface area contributed by atoms with Crippen molar-refractivity contribution in [1.82, 2.24) is 14.4 Å². The van der Waals surface area contributed by atoms with E-state index in [4.69, 9.17) is 0 Å². The average molecular weight is 259 g/mol. The van der Waals surface area contributed by atoms with Crippen LogP contribution in [0.3, 0.4) is 0 Å². The Kier molecular flexibility index (Phi) is 2.85. The lowest BCUT2D eigenvalue weighted by atomic mass is 10.1. The third-order valence-electron chi connectivity index (χ3n) is 2.79. The standard InChI is InChI=1S/C13H13N3OS/c1-9-14-10(8-18-9)6-12(17)11-7-16-5-3-2-4-13(16)15-11/h2-5,7-8,12,17H,6H2,1H3. The van der Waals surface area contributed by atoms with E-state index in [2.05, 4.69) is 9.97 Å². The second kappa shape index (κ2) is 4.51. The van der Waals surface area contributed by atoms with E-state index in [0.29, 0.717) is 12.1 Å². The fourth-order valence-electron chi connectivity index (χ4n) is 1.92. The highest BCUT2D eigenvalue weighted by Crippen LogP contribution is 2.19. The number of thiazole rings is 1. The number of aliphatic hydroxyl groups is 1. The minimum Gasteiger partial charge on any atom is -0.386 e. The molecule has 3 aromatic rings. The van der Waals surface area contributed by atoms with Gasteiger partial charge in [0.15, 0.2) is 0 Å². The van der Waals surface area contributed by atoms with Gasteiger partial charge in [-0.3, -0.25) is 0 Å². The molecule has 0 aromatic carbocycles. The van der Waals surface area contributed by atoms with E-state index in [-0.39, 0.29) is 0 Å². The first kappa shape index (κ1) is 11.4. The Labute approximate surface area is 109 Å². The van der Waals surface area contributed by atoms with Gasteiger partial charge in [-0.15, -0.1) is 11.3 Å².